The van der Waals surface area contributed by atoms with Crippen LogP contribution >= 0.6 is 0 Å². The van der Waals surface area contributed by atoms with E-state index in [1.807, 2.05) is 0 Å². The van der Waals surface area contributed by atoms with E-state index in [2.05, 4.69) is 88.4 Å². The van der Waals surface area contributed by atoms with E-state index in [9.17, 15) is 0 Å². The van der Waals surface area contributed by atoms with E-state index in [1.54, 1.807) is 0 Å². The largest absolute Gasteiger partial charge is 0.407 e. The Hall–Kier alpha value is -1.38. The second-order valence-electron chi connectivity index (χ2n) is 7.43. The number of hydrogen-bond donors (Lipinski definition) is 0. The highest BCUT2D eigenvalue weighted by molar-refractivity contribution is 6.99. The van der Waals surface area contributed by atoms with Crippen molar-refractivity contribution in [2.24, 2.45) is 0 Å². The minimum absolute atomic E-state index is 0.0714. The molecule has 2 heteroatoms. The Bertz CT molecular complexity index is 547. The summed E-state index contributed by atoms with van der Waals surface area (Å²) in [6.45, 7) is 11.7. The molecular formula is C22H31OSi. The zero-order valence-electron chi connectivity index (χ0n) is 15.4. The van der Waals surface area contributed by atoms with E-state index >= 15 is 0 Å². The van der Waals surface area contributed by atoms with E-state index in [0.717, 1.165) is 19.4 Å². The molecule has 0 N–H and O–H groups in total. The molecule has 0 bridgehead atoms. The number of rotatable bonds is 8. The minimum Gasteiger partial charge on any atom is -0.407 e. The summed E-state index contributed by atoms with van der Waals surface area (Å²) in [4.78, 5) is 0. The van der Waals surface area contributed by atoms with E-state index in [1.165, 1.54) is 23.2 Å². The fraction of sp³-hybridized carbons (Fsp3) is 0.409. The Morgan fingerprint density at radius 1 is 0.792 bits per heavy atom. The Kier molecular flexibility index (Phi) is 6.82. The van der Waals surface area contributed by atoms with Crippen molar-refractivity contribution in [3.05, 3.63) is 67.6 Å². The summed E-state index contributed by atoms with van der Waals surface area (Å²) in [7, 11) is -2.33. The van der Waals surface area contributed by atoms with Gasteiger partial charge < -0.3 is 4.43 Å². The van der Waals surface area contributed by atoms with Gasteiger partial charge in [-0.05, 0) is 21.8 Å². The van der Waals surface area contributed by atoms with Gasteiger partial charge in [0.05, 0.1) is 0 Å². The summed E-state index contributed by atoms with van der Waals surface area (Å²) in [6, 6.07) is 21.7. The highest BCUT2D eigenvalue weighted by atomic mass is 28.4. The van der Waals surface area contributed by atoms with E-state index in [-0.39, 0.29) is 5.04 Å². The van der Waals surface area contributed by atoms with Crippen LogP contribution in [0.5, 0.6) is 0 Å². The zero-order chi connectivity index (χ0) is 17.5. The molecule has 24 heavy (non-hydrogen) atoms. The van der Waals surface area contributed by atoms with Crippen molar-refractivity contribution in [2.75, 3.05) is 6.61 Å². The maximum Gasteiger partial charge on any atom is 0.261 e. The van der Waals surface area contributed by atoms with Crippen LogP contribution < -0.4 is 10.4 Å². The Morgan fingerprint density at radius 3 is 1.71 bits per heavy atom. The lowest BCUT2D eigenvalue weighted by atomic mass is 10.2. The van der Waals surface area contributed by atoms with Crippen LogP contribution in [-0.2, 0) is 4.43 Å². The molecule has 0 amide bonds. The van der Waals surface area contributed by atoms with Crippen molar-refractivity contribution < 1.29 is 4.43 Å². The van der Waals surface area contributed by atoms with E-state index in [0.29, 0.717) is 0 Å². The van der Waals surface area contributed by atoms with Gasteiger partial charge in [-0.1, -0.05) is 108 Å². The van der Waals surface area contributed by atoms with E-state index < -0.39 is 8.32 Å². The SMILES string of the molecule is [CH2]CCCCCO[Si](c1ccccc1)(c1ccccc1)C(C)(C)C. The van der Waals surface area contributed by atoms with Gasteiger partial charge in [0, 0.05) is 6.61 Å². The first kappa shape index (κ1) is 18.9. The van der Waals surface area contributed by atoms with Crippen molar-refractivity contribution in [1.29, 1.82) is 0 Å². The first-order chi connectivity index (χ1) is 11.5. The Balaban J connectivity index is 2.42. The number of benzene rings is 2. The standard InChI is InChI=1S/C22H31OSi/c1-5-6-7-14-19-23-24(22(2,3)4,20-15-10-8-11-16-20)21-17-12-9-13-18-21/h8-13,15-18H,1,5-7,14,19H2,2-4H3. The molecule has 1 nitrogen and oxygen atoms in total. The smallest absolute Gasteiger partial charge is 0.261 e. The average Bonchev–Trinajstić information content (AvgIpc) is 2.59. The minimum atomic E-state index is -2.33. The first-order valence-corrected chi connectivity index (χ1v) is 11.0. The lowest BCUT2D eigenvalue weighted by Crippen LogP contribution is -2.66. The van der Waals surface area contributed by atoms with Crippen LogP contribution in [-0.4, -0.2) is 14.9 Å². The van der Waals surface area contributed by atoms with Gasteiger partial charge in [0.1, 0.15) is 0 Å². The van der Waals surface area contributed by atoms with Gasteiger partial charge in [-0.15, -0.1) is 0 Å². The lowest BCUT2D eigenvalue weighted by molar-refractivity contribution is 0.287. The van der Waals surface area contributed by atoms with Gasteiger partial charge in [-0.25, -0.2) is 0 Å². The van der Waals surface area contributed by atoms with Crippen molar-refractivity contribution in [2.45, 2.75) is 51.5 Å². The third-order valence-electron chi connectivity index (χ3n) is 4.63. The third-order valence-corrected chi connectivity index (χ3v) is 9.67. The van der Waals surface area contributed by atoms with Crippen LogP contribution in [0, 0.1) is 6.92 Å². The maximum absolute atomic E-state index is 6.83. The van der Waals surface area contributed by atoms with Crippen molar-refractivity contribution in [1.82, 2.24) is 0 Å². The molecule has 0 aromatic heterocycles. The molecule has 0 heterocycles. The summed E-state index contributed by atoms with van der Waals surface area (Å²) in [5.74, 6) is 0. The van der Waals surface area contributed by atoms with Crippen molar-refractivity contribution in [3.63, 3.8) is 0 Å². The molecule has 0 aliphatic carbocycles. The molecule has 2 rings (SSSR count). The first-order valence-electron chi connectivity index (χ1n) is 9.06. The zero-order valence-corrected chi connectivity index (χ0v) is 16.4. The average molecular weight is 340 g/mol. The fourth-order valence-electron chi connectivity index (χ4n) is 3.44. The maximum atomic E-state index is 6.83. The van der Waals surface area contributed by atoms with Crippen LogP contribution in [0.3, 0.4) is 0 Å². The van der Waals surface area contributed by atoms with Gasteiger partial charge in [0.15, 0.2) is 0 Å². The quantitative estimate of drug-likeness (QED) is 0.488. The Labute approximate surface area is 149 Å². The van der Waals surface area contributed by atoms with Crippen LogP contribution in [0.4, 0.5) is 0 Å². The summed E-state index contributed by atoms with van der Waals surface area (Å²) < 4.78 is 6.83. The molecule has 2 aromatic carbocycles. The van der Waals surface area contributed by atoms with E-state index in [4.69, 9.17) is 4.43 Å². The number of unbranched alkanes of at least 4 members (excludes halogenated alkanes) is 3. The van der Waals surface area contributed by atoms with Crippen LogP contribution in [0.25, 0.3) is 0 Å². The van der Waals surface area contributed by atoms with Crippen molar-refractivity contribution in [3.8, 4) is 0 Å². The predicted octanol–water partition coefficient (Wildman–Crippen LogP) is 4.96. The summed E-state index contributed by atoms with van der Waals surface area (Å²) in [5, 5.41) is 2.80. The molecule has 2 aromatic rings. The lowest BCUT2D eigenvalue weighted by Gasteiger charge is -2.43. The topological polar surface area (TPSA) is 9.23 Å². The second-order valence-corrected chi connectivity index (χ2v) is 11.7. The summed E-state index contributed by atoms with van der Waals surface area (Å²) in [5.41, 5.74) is 0. The van der Waals surface area contributed by atoms with Gasteiger partial charge in [-0.2, -0.15) is 0 Å². The van der Waals surface area contributed by atoms with Crippen LogP contribution in [0.2, 0.25) is 5.04 Å². The molecule has 0 fully saturated rings. The molecule has 1 radical (unpaired) electrons. The monoisotopic (exact) mass is 339 g/mol. The molecule has 0 aliphatic rings. The van der Waals surface area contributed by atoms with Gasteiger partial charge in [0.25, 0.3) is 8.32 Å². The molecule has 0 spiro atoms. The number of hydrogen-bond acceptors (Lipinski definition) is 1. The summed E-state index contributed by atoms with van der Waals surface area (Å²) >= 11 is 0. The fourth-order valence-corrected chi connectivity index (χ4v) is 8.05. The predicted molar refractivity (Wildman–Crippen MR) is 107 cm³/mol. The molecule has 129 valence electrons. The Morgan fingerprint density at radius 2 is 1.29 bits per heavy atom. The van der Waals surface area contributed by atoms with Gasteiger partial charge in [-0.3, -0.25) is 0 Å². The molecule has 0 atom stereocenters. The molecule has 0 aliphatic heterocycles. The van der Waals surface area contributed by atoms with Crippen LogP contribution in [0.15, 0.2) is 60.7 Å². The van der Waals surface area contributed by atoms with Gasteiger partial charge >= 0.3 is 0 Å². The van der Waals surface area contributed by atoms with Gasteiger partial charge in [0.2, 0.25) is 0 Å². The van der Waals surface area contributed by atoms with Crippen molar-refractivity contribution >= 4 is 18.7 Å². The third kappa shape index (κ3) is 4.17. The normalized spacial score (nSPS) is 12.3. The highest BCUT2D eigenvalue weighted by Crippen LogP contribution is 2.36. The van der Waals surface area contributed by atoms with Crippen LogP contribution in [0.1, 0.15) is 46.5 Å². The molecular weight excluding hydrogens is 308 g/mol. The molecule has 0 unspecified atom stereocenters. The molecule has 0 saturated carbocycles. The highest BCUT2D eigenvalue weighted by Gasteiger charge is 2.49. The summed E-state index contributed by atoms with van der Waals surface area (Å²) in [6.07, 6.45) is 4.50. The second kappa shape index (κ2) is 8.64. The molecule has 0 saturated heterocycles.